The summed E-state index contributed by atoms with van der Waals surface area (Å²) in [5.74, 6) is 0. The van der Waals surface area contributed by atoms with E-state index in [1.54, 1.807) is 6.92 Å². The summed E-state index contributed by atoms with van der Waals surface area (Å²) in [7, 11) is 0. The molecule has 0 aliphatic carbocycles. The lowest BCUT2D eigenvalue weighted by Gasteiger charge is -1.96. The van der Waals surface area contributed by atoms with Gasteiger partial charge in [0.25, 0.3) is 0 Å². The summed E-state index contributed by atoms with van der Waals surface area (Å²) in [6.45, 7) is 6.90. The third kappa shape index (κ3) is 3.21. The summed E-state index contributed by atoms with van der Waals surface area (Å²) in [4.78, 5) is 10.2. The molecule has 1 N–H and O–H groups in total. The third-order valence-corrected chi connectivity index (χ3v) is 0.477. The first-order valence-electron chi connectivity index (χ1n) is 2.28. The van der Waals surface area contributed by atoms with Gasteiger partial charge in [-0.05, 0) is 13.5 Å². The SMILES string of the molecule is [CH]=CNC(=O)OCC. The van der Waals surface area contributed by atoms with Crippen LogP contribution in [0.1, 0.15) is 6.92 Å². The van der Waals surface area contributed by atoms with E-state index in [0.717, 1.165) is 6.20 Å². The Morgan fingerprint density at radius 3 is 3.00 bits per heavy atom. The maximum atomic E-state index is 10.2. The van der Waals surface area contributed by atoms with Gasteiger partial charge >= 0.3 is 6.09 Å². The molecule has 0 unspecified atom stereocenters. The minimum Gasteiger partial charge on any atom is -0.450 e. The number of amides is 1. The van der Waals surface area contributed by atoms with Crippen molar-refractivity contribution in [2.24, 2.45) is 0 Å². The number of hydrogen-bond donors (Lipinski definition) is 1. The molecule has 0 bridgehead atoms. The second-order valence-corrected chi connectivity index (χ2v) is 1.03. The molecule has 3 nitrogen and oxygen atoms in total. The summed E-state index contributed by atoms with van der Waals surface area (Å²) in [6, 6.07) is 0. The molecule has 1 amide bonds. The number of rotatable bonds is 2. The molecule has 0 saturated carbocycles. The fraction of sp³-hybridized carbons (Fsp3) is 0.400. The fourth-order valence-corrected chi connectivity index (χ4v) is 0.241. The highest BCUT2D eigenvalue weighted by molar-refractivity contribution is 5.68. The number of carbonyl (C=O) groups excluding carboxylic acids is 1. The van der Waals surface area contributed by atoms with Gasteiger partial charge in [0.2, 0.25) is 0 Å². The van der Waals surface area contributed by atoms with Gasteiger partial charge in [0, 0.05) is 6.20 Å². The molecule has 1 radical (unpaired) electrons. The normalized spacial score (nSPS) is 7.62. The van der Waals surface area contributed by atoms with Gasteiger partial charge in [-0.2, -0.15) is 0 Å². The lowest BCUT2D eigenvalue weighted by Crippen LogP contribution is -2.17. The van der Waals surface area contributed by atoms with Gasteiger partial charge in [-0.15, -0.1) is 0 Å². The van der Waals surface area contributed by atoms with Gasteiger partial charge in [0.1, 0.15) is 0 Å². The van der Waals surface area contributed by atoms with Gasteiger partial charge in [-0.3, -0.25) is 5.32 Å². The average molecular weight is 114 g/mol. The number of alkyl carbamates (subject to hydrolysis) is 1. The molecule has 0 aliphatic heterocycles. The van der Waals surface area contributed by atoms with Crippen molar-refractivity contribution in [2.75, 3.05) is 6.61 Å². The van der Waals surface area contributed by atoms with Gasteiger partial charge < -0.3 is 4.74 Å². The highest BCUT2D eigenvalue weighted by Gasteiger charge is 1.91. The van der Waals surface area contributed by atoms with Crippen molar-refractivity contribution >= 4 is 6.09 Å². The fourth-order valence-electron chi connectivity index (χ4n) is 0.241. The van der Waals surface area contributed by atoms with Crippen LogP contribution in [0.5, 0.6) is 0 Å². The van der Waals surface area contributed by atoms with Gasteiger partial charge in [-0.1, -0.05) is 0 Å². The second-order valence-electron chi connectivity index (χ2n) is 1.03. The predicted octanol–water partition coefficient (Wildman–Crippen LogP) is 0.679. The van der Waals surface area contributed by atoms with Crippen LogP contribution in [0.4, 0.5) is 4.79 Å². The van der Waals surface area contributed by atoms with E-state index in [4.69, 9.17) is 6.58 Å². The van der Waals surface area contributed by atoms with Crippen molar-refractivity contribution in [3.8, 4) is 0 Å². The molecule has 0 aromatic heterocycles. The Hall–Kier alpha value is -0.990. The number of ether oxygens (including phenoxy) is 1. The minimum atomic E-state index is -0.519. The summed E-state index contributed by atoms with van der Waals surface area (Å²) in [5, 5.41) is 2.14. The lowest BCUT2D eigenvalue weighted by atomic mass is 10.8. The lowest BCUT2D eigenvalue weighted by molar-refractivity contribution is 0.156. The van der Waals surface area contributed by atoms with Crippen molar-refractivity contribution in [3.05, 3.63) is 12.8 Å². The third-order valence-electron chi connectivity index (χ3n) is 0.477. The standard InChI is InChI=1S/C5H8NO2/c1-3-6-5(7)8-4-2/h1,3H,4H2,2H3,(H,6,7). The number of carbonyl (C=O) groups is 1. The van der Waals surface area contributed by atoms with E-state index in [1.165, 1.54) is 0 Å². The van der Waals surface area contributed by atoms with Crippen LogP contribution in [0.25, 0.3) is 0 Å². The van der Waals surface area contributed by atoms with E-state index in [0.29, 0.717) is 6.61 Å². The summed E-state index contributed by atoms with van der Waals surface area (Å²) in [5.41, 5.74) is 0. The van der Waals surface area contributed by atoms with Crippen LogP contribution in [0.2, 0.25) is 0 Å². The van der Waals surface area contributed by atoms with E-state index < -0.39 is 6.09 Å². The molecule has 0 aromatic rings. The van der Waals surface area contributed by atoms with Crippen LogP contribution in [0, 0.1) is 6.58 Å². The van der Waals surface area contributed by atoms with E-state index in [9.17, 15) is 4.79 Å². The maximum Gasteiger partial charge on any atom is 0.411 e. The molecule has 45 valence electrons. The molecule has 8 heavy (non-hydrogen) atoms. The van der Waals surface area contributed by atoms with Crippen LogP contribution >= 0.6 is 0 Å². The van der Waals surface area contributed by atoms with E-state index >= 15 is 0 Å². The van der Waals surface area contributed by atoms with Crippen molar-refractivity contribution in [1.29, 1.82) is 0 Å². The maximum absolute atomic E-state index is 10.2. The van der Waals surface area contributed by atoms with Crippen molar-refractivity contribution in [2.45, 2.75) is 6.92 Å². The monoisotopic (exact) mass is 114 g/mol. The summed E-state index contributed by atoms with van der Waals surface area (Å²) < 4.78 is 4.42. The summed E-state index contributed by atoms with van der Waals surface area (Å²) in [6.07, 6.45) is 0.507. The summed E-state index contributed by atoms with van der Waals surface area (Å²) >= 11 is 0. The minimum absolute atomic E-state index is 0.361. The first-order valence-corrected chi connectivity index (χ1v) is 2.28. The van der Waals surface area contributed by atoms with E-state index in [-0.39, 0.29) is 0 Å². The van der Waals surface area contributed by atoms with E-state index in [2.05, 4.69) is 10.1 Å². The molecular formula is C5H8NO2. The molecule has 0 spiro atoms. The van der Waals surface area contributed by atoms with Crippen molar-refractivity contribution < 1.29 is 9.53 Å². The zero-order chi connectivity index (χ0) is 6.41. The van der Waals surface area contributed by atoms with Crippen LogP contribution in [0.3, 0.4) is 0 Å². The van der Waals surface area contributed by atoms with E-state index in [1.807, 2.05) is 0 Å². The first kappa shape index (κ1) is 7.01. The molecule has 0 rings (SSSR count). The first-order chi connectivity index (χ1) is 3.81. The molecule has 0 aromatic carbocycles. The molecule has 0 saturated heterocycles. The smallest absolute Gasteiger partial charge is 0.411 e. The highest BCUT2D eigenvalue weighted by atomic mass is 16.5. The van der Waals surface area contributed by atoms with Crippen LogP contribution in [-0.2, 0) is 4.74 Å². The predicted molar refractivity (Wildman–Crippen MR) is 29.0 cm³/mol. The second kappa shape index (κ2) is 4.18. The quantitative estimate of drug-likeness (QED) is 0.573. The van der Waals surface area contributed by atoms with Crippen molar-refractivity contribution in [3.63, 3.8) is 0 Å². The topological polar surface area (TPSA) is 38.3 Å². The Bertz CT molecular complexity index is 90.4. The largest absolute Gasteiger partial charge is 0.450 e. The molecule has 0 atom stereocenters. The zero-order valence-electron chi connectivity index (χ0n) is 4.68. The van der Waals surface area contributed by atoms with Crippen LogP contribution in [-0.4, -0.2) is 12.7 Å². The molecular weight excluding hydrogens is 106 g/mol. The average Bonchev–Trinajstić information content (AvgIpc) is 1.68. The molecule has 0 aliphatic rings. The Labute approximate surface area is 48.3 Å². The van der Waals surface area contributed by atoms with Gasteiger partial charge in [-0.25, -0.2) is 4.79 Å². The Kier molecular flexibility index (Phi) is 3.66. The Balaban J connectivity index is 3.18. The van der Waals surface area contributed by atoms with Gasteiger partial charge in [0.05, 0.1) is 6.61 Å². The Morgan fingerprint density at radius 2 is 2.62 bits per heavy atom. The van der Waals surface area contributed by atoms with Crippen LogP contribution in [0.15, 0.2) is 6.20 Å². The molecule has 0 heterocycles. The van der Waals surface area contributed by atoms with Gasteiger partial charge in [0.15, 0.2) is 0 Å². The van der Waals surface area contributed by atoms with Crippen LogP contribution < -0.4 is 5.32 Å². The number of hydrogen-bond acceptors (Lipinski definition) is 2. The van der Waals surface area contributed by atoms with Crippen molar-refractivity contribution in [1.82, 2.24) is 5.32 Å². The highest BCUT2D eigenvalue weighted by Crippen LogP contribution is 1.73. The molecule has 0 fully saturated rings. The Morgan fingerprint density at radius 1 is 2.00 bits per heavy atom. The molecule has 3 heteroatoms. The number of nitrogens with one attached hydrogen (secondary N) is 1. The zero-order valence-corrected chi connectivity index (χ0v) is 4.68.